The van der Waals surface area contributed by atoms with Gasteiger partial charge in [-0.05, 0) is 13.8 Å². The normalized spacial score (nSPS) is 29.7. The number of nitrogen functional groups attached to an aromatic ring is 2. The van der Waals surface area contributed by atoms with Gasteiger partial charge in [0.1, 0.15) is 30.5 Å². The lowest BCUT2D eigenvalue weighted by atomic mass is 10.0. The third kappa shape index (κ3) is 5.02. The predicted molar refractivity (Wildman–Crippen MR) is 147 cm³/mol. The highest BCUT2D eigenvalue weighted by Gasteiger charge is 2.48. The number of aromatic nitrogens is 8. The molecule has 2 fully saturated rings. The third-order valence-electron chi connectivity index (χ3n) is 7.61. The van der Waals surface area contributed by atoms with E-state index in [1.54, 1.807) is 13.8 Å². The molecule has 2 saturated heterocycles. The van der Waals surface area contributed by atoms with Crippen molar-refractivity contribution in [2.45, 2.75) is 68.5 Å². The molecule has 20 heteroatoms. The number of aromatic amines is 2. The Hall–Kier alpha value is -4.02. The summed E-state index contributed by atoms with van der Waals surface area (Å²) < 4.78 is 14.6. The van der Waals surface area contributed by atoms with Crippen LogP contribution >= 0.6 is 0 Å². The molecule has 232 valence electrons. The van der Waals surface area contributed by atoms with Crippen LogP contribution in [0.15, 0.2) is 22.2 Å². The van der Waals surface area contributed by atoms with E-state index < -0.39 is 72.4 Å². The number of nitrogens with zero attached hydrogens (tertiary/aromatic N) is 6. The zero-order valence-corrected chi connectivity index (χ0v) is 22.9. The van der Waals surface area contributed by atoms with Crippen LogP contribution in [-0.2, 0) is 9.47 Å². The molecule has 43 heavy (non-hydrogen) atoms. The van der Waals surface area contributed by atoms with Gasteiger partial charge in [0.05, 0.1) is 31.0 Å². The number of imidazole rings is 2. The number of nitrogens with two attached hydrogens (primary N) is 2. The molecular weight excluding hydrogens is 572 g/mol. The Morgan fingerprint density at radius 2 is 1.40 bits per heavy atom. The van der Waals surface area contributed by atoms with Crippen LogP contribution in [0, 0.1) is 0 Å². The summed E-state index contributed by atoms with van der Waals surface area (Å²) in [4.78, 5) is 45.3. The van der Waals surface area contributed by atoms with E-state index in [2.05, 4.69) is 40.5 Å². The van der Waals surface area contributed by atoms with Gasteiger partial charge in [0, 0.05) is 6.54 Å². The average Bonchev–Trinajstić information content (AvgIpc) is 3.69. The molecular formula is C23H32N12O8. The summed E-state index contributed by atoms with van der Waals surface area (Å²) in [7, 11) is 0. The fourth-order valence-corrected chi connectivity index (χ4v) is 5.52. The zero-order valence-electron chi connectivity index (χ0n) is 22.9. The molecule has 20 nitrogen and oxygen atoms in total. The predicted octanol–water partition coefficient (Wildman–Crippen LogP) is -4.43. The van der Waals surface area contributed by atoms with Gasteiger partial charge in [-0.2, -0.15) is 9.97 Å². The van der Waals surface area contributed by atoms with Gasteiger partial charge in [0.25, 0.3) is 11.1 Å². The molecule has 6 rings (SSSR count). The number of aliphatic hydroxyl groups excluding tert-OH is 4. The van der Waals surface area contributed by atoms with Crippen LogP contribution in [0.4, 0.5) is 11.9 Å². The number of anilines is 2. The molecule has 0 unspecified atom stereocenters. The Kier molecular flexibility index (Phi) is 7.17. The number of hydrogen-bond acceptors (Lipinski definition) is 16. The molecule has 2 aliphatic heterocycles. The third-order valence-corrected chi connectivity index (χ3v) is 7.61. The molecule has 0 spiro atoms. The maximum Gasteiger partial charge on any atom is 0.280 e. The quantitative estimate of drug-likeness (QED) is 0.0848. The highest BCUT2D eigenvalue weighted by molar-refractivity contribution is 5.71. The molecule has 8 atom stereocenters. The number of aliphatic hydroxyl groups is 4. The van der Waals surface area contributed by atoms with Gasteiger partial charge in [0.15, 0.2) is 34.8 Å². The van der Waals surface area contributed by atoms with E-state index in [1.807, 2.05) is 0 Å². The lowest BCUT2D eigenvalue weighted by Gasteiger charge is -2.35. The molecule has 0 bridgehead atoms. The minimum atomic E-state index is -1.38. The molecule has 4 aromatic rings. The standard InChI is InChI=1S/C23H32N12O8/c1-23(2,28-3-7-12(37)14(39)20(42-7)35-6-27-11-16(35)30-22(25)32-18(11)41)33-9-8(4-36)43-19(13(9)38)34-5-26-10-15(34)29-21(24)31-17(10)40/h5-9,12-14,19-20,28,33,36-39H,3-4H2,1-2H3,(H3,24,29,31,40)(H3,25,30,32,41)/t7-,8-,9-,12+,13-,14-,19-,20-/m1/s1. The van der Waals surface area contributed by atoms with E-state index in [9.17, 15) is 30.0 Å². The lowest BCUT2D eigenvalue weighted by molar-refractivity contribution is -0.0491. The van der Waals surface area contributed by atoms with E-state index >= 15 is 0 Å². The van der Waals surface area contributed by atoms with Crippen molar-refractivity contribution >= 4 is 34.2 Å². The highest BCUT2D eigenvalue weighted by atomic mass is 16.6. The van der Waals surface area contributed by atoms with Crippen LogP contribution < -0.4 is 33.2 Å². The number of fused-ring (bicyclic) bond motifs is 2. The second-order valence-electron chi connectivity index (χ2n) is 11.0. The van der Waals surface area contributed by atoms with E-state index in [0.29, 0.717) is 0 Å². The summed E-state index contributed by atoms with van der Waals surface area (Å²) in [6, 6.07) is -0.811. The second kappa shape index (κ2) is 10.6. The average molecular weight is 605 g/mol. The van der Waals surface area contributed by atoms with Crippen molar-refractivity contribution in [1.29, 1.82) is 0 Å². The van der Waals surface area contributed by atoms with Crippen LogP contribution in [0.25, 0.3) is 22.3 Å². The zero-order chi connectivity index (χ0) is 30.8. The minimum Gasteiger partial charge on any atom is -0.394 e. The molecule has 6 heterocycles. The first kappa shape index (κ1) is 29.1. The maximum atomic E-state index is 12.2. The van der Waals surface area contributed by atoms with Crippen LogP contribution in [0.5, 0.6) is 0 Å². The van der Waals surface area contributed by atoms with Gasteiger partial charge in [-0.1, -0.05) is 0 Å². The van der Waals surface area contributed by atoms with Gasteiger partial charge >= 0.3 is 0 Å². The first-order valence-corrected chi connectivity index (χ1v) is 13.3. The van der Waals surface area contributed by atoms with Gasteiger partial charge in [-0.15, -0.1) is 0 Å². The van der Waals surface area contributed by atoms with Crippen molar-refractivity contribution in [3.05, 3.63) is 33.4 Å². The molecule has 2 aliphatic rings. The Balaban J connectivity index is 1.15. The SMILES string of the molecule is CC(C)(NC[C@H]1O[C@@H](n2cnc3c(=O)[nH]c(N)nc32)[C@H](O)[C@H]1O)N[C@H]1[C@@H](O)[C@H](n2cnc3c(=O)[nH]c(N)nc32)O[C@@H]1CO. The van der Waals surface area contributed by atoms with Crippen LogP contribution in [-0.4, -0.2) is 115 Å². The summed E-state index contributed by atoms with van der Waals surface area (Å²) >= 11 is 0. The number of nitrogens with one attached hydrogen (secondary N) is 4. The fourth-order valence-electron chi connectivity index (χ4n) is 5.52. The Morgan fingerprint density at radius 1 is 0.884 bits per heavy atom. The van der Waals surface area contributed by atoms with Gasteiger partial charge < -0.3 is 41.4 Å². The number of rotatable bonds is 8. The highest BCUT2D eigenvalue weighted by Crippen LogP contribution is 2.33. The second-order valence-corrected chi connectivity index (χ2v) is 11.0. The van der Waals surface area contributed by atoms with Crippen molar-refractivity contribution in [3.63, 3.8) is 0 Å². The van der Waals surface area contributed by atoms with Crippen molar-refractivity contribution in [2.75, 3.05) is 24.6 Å². The van der Waals surface area contributed by atoms with Crippen molar-refractivity contribution in [1.82, 2.24) is 49.7 Å². The summed E-state index contributed by atoms with van der Waals surface area (Å²) in [6.45, 7) is 3.11. The molecule has 0 amide bonds. The van der Waals surface area contributed by atoms with Crippen molar-refractivity contribution in [3.8, 4) is 0 Å². The molecule has 0 radical (unpaired) electrons. The van der Waals surface area contributed by atoms with E-state index in [0.717, 1.165) is 0 Å². The topological polar surface area (TPSA) is 303 Å². The minimum absolute atomic E-state index is 0.00443. The monoisotopic (exact) mass is 604 g/mol. The lowest BCUT2D eigenvalue weighted by Crippen LogP contribution is -2.62. The summed E-state index contributed by atoms with van der Waals surface area (Å²) in [5.41, 5.74) is 9.49. The van der Waals surface area contributed by atoms with Gasteiger partial charge in [-0.25, -0.2) is 9.97 Å². The Bertz CT molecular complexity index is 1770. The Morgan fingerprint density at radius 3 is 1.93 bits per heavy atom. The molecule has 0 saturated carbocycles. The van der Waals surface area contributed by atoms with Crippen LogP contribution in [0.2, 0.25) is 0 Å². The maximum absolute atomic E-state index is 12.2. The summed E-state index contributed by atoms with van der Waals surface area (Å²) in [5.74, 6) is -0.278. The first-order chi connectivity index (χ1) is 20.4. The summed E-state index contributed by atoms with van der Waals surface area (Å²) in [6.07, 6.45) is -5.30. The number of ether oxygens (including phenoxy) is 2. The van der Waals surface area contributed by atoms with E-state index in [-0.39, 0.29) is 40.8 Å². The van der Waals surface area contributed by atoms with Crippen LogP contribution in [0.1, 0.15) is 26.3 Å². The van der Waals surface area contributed by atoms with E-state index in [4.69, 9.17) is 20.9 Å². The molecule has 0 aliphatic carbocycles. The number of hydrogen-bond donors (Lipinski definition) is 10. The Labute approximate surface area is 240 Å². The first-order valence-electron chi connectivity index (χ1n) is 13.3. The smallest absolute Gasteiger partial charge is 0.280 e. The van der Waals surface area contributed by atoms with Crippen molar-refractivity contribution in [2.24, 2.45) is 0 Å². The molecule has 12 N–H and O–H groups in total. The van der Waals surface area contributed by atoms with Crippen molar-refractivity contribution < 1.29 is 29.9 Å². The van der Waals surface area contributed by atoms with Crippen LogP contribution in [0.3, 0.4) is 0 Å². The largest absolute Gasteiger partial charge is 0.394 e. The number of H-pyrrole nitrogens is 2. The fraction of sp³-hybridized carbons (Fsp3) is 0.565. The van der Waals surface area contributed by atoms with Gasteiger partial charge in [-0.3, -0.25) is 39.3 Å². The molecule has 0 aromatic carbocycles. The summed E-state index contributed by atoms with van der Waals surface area (Å²) in [5, 5.41) is 49.2. The van der Waals surface area contributed by atoms with E-state index in [1.165, 1.54) is 21.8 Å². The molecule has 4 aromatic heterocycles. The van der Waals surface area contributed by atoms with Gasteiger partial charge in [0.2, 0.25) is 11.9 Å².